The predicted octanol–water partition coefficient (Wildman–Crippen LogP) is 4.56. The Bertz CT molecular complexity index is 1160. The van der Waals surface area contributed by atoms with Crippen molar-refractivity contribution in [3.63, 3.8) is 0 Å². The molecular weight excluding hydrogens is 463 g/mol. The second kappa shape index (κ2) is 11.6. The quantitative estimate of drug-likeness (QED) is 0.431. The first kappa shape index (κ1) is 25.2. The number of pyridine rings is 1. The number of nitrogens with one attached hydrogen (secondary N) is 2. The molecule has 8 nitrogen and oxygen atoms in total. The lowest BCUT2D eigenvalue weighted by Crippen LogP contribution is -2.47. The number of amides is 3. The van der Waals surface area contributed by atoms with E-state index in [9.17, 15) is 19.1 Å². The molecule has 0 radical (unpaired) electrons. The fourth-order valence-electron chi connectivity index (χ4n) is 3.34. The lowest BCUT2D eigenvalue weighted by Gasteiger charge is -2.29. The van der Waals surface area contributed by atoms with Crippen LogP contribution in [0.2, 0.25) is 5.02 Å². The fraction of sp³-hybridized carbons (Fsp3) is 0.292. The van der Waals surface area contributed by atoms with Crippen LogP contribution in [0.5, 0.6) is 0 Å². The van der Waals surface area contributed by atoms with Gasteiger partial charge in [0.1, 0.15) is 18.2 Å². The molecule has 3 N–H and O–H groups in total. The third-order valence-electron chi connectivity index (χ3n) is 5.21. The van der Waals surface area contributed by atoms with E-state index in [1.54, 1.807) is 25.3 Å². The van der Waals surface area contributed by atoms with Gasteiger partial charge in [-0.25, -0.2) is 19.0 Å². The van der Waals surface area contributed by atoms with Crippen molar-refractivity contribution in [2.45, 2.75) is 32.0 Å². The molecule has 10 heteroatoms. The van der Waals surface area contributed by atoms with Gasteiger partial charge in [0.25, 0.3) is 0 Å². The number of aliphatic hydroxyl groups is 1. The van der Waals surface area contributed by atoms with Crippen molar-refractivity contribution in [1.82, 2.24) is 15.2 Å². The third-order valence-corrected chi connectivity index (χ3v) is 5.63. The van der Waals surface area contributed by atoms with Gasteiger partial charge in [-0.15, -0.1) is 0 Å². The summed E-state index contributed by atoms with van der Waals surface area (Å²) >= 11 is 5.93. The van der Waals surface area contributed by atoms with Crippen LogP contribution in [0.4, 0.5) is 19.8 Å². The number of halogens is 2. The monoisotopic (exact) mass is 488 g/mol. The van der Waals surface area contributed by atoms with Crippen molar-refractivity contribution in [2.24, 2.45) is 0 Å². The van der Waals surface area contributed by atoms with Gasteiger partial charge in [-0.3, -0.25) is 5.32 Å². The summed E-state index contributed by atoms with van der Waals surface area (Å²) in [6, 6.07) is 12.5. The maximum atomic E-state index is 13.6. The van der Waals surface area contributed by atoms with E-state index >= 15 is 0 Å². The molecule has 0 aliphatic rings. The van der Waals surface area contributed by atoms with Gasteiger partial charge in [0.15, 0.2) is 0 Å². The van der Waals surface area contributed by atoms with Gasteiger partial charge in [-0.05, 0) is 36.4 Å². The van der Waals surface area contributed by atoms with Crippen LogP contribution in [0, 0.1) is 5.82 Å². The number of urea groups is 1. The molecule has 180 valence electrons. The summed E-state index contributed by atoms with van der Waals surface area (Å²) in [5, 5.41) is 16.8. The summed E-state index contributed by atoms with van der Waals surface area (Å²) in [4.78, 5) is 30.4. The van der Waals surface area contributed by atoms with E-state index in [-0.39, 0.29) is 24.6 Å². The zero-order valence-electron chi connectivity index (χ0n) is 18.8. The van der Waals surface area contributed by atoms with Gasteiger partial charge < -0.3 is 20.1 Å². The zero-order valence-corrected chi connectivity index (χ0v) is 19.6. The van der Waals surface area contributed by atoms with Gasteiger partial charge in [0.05, 0.1) is 17.2 Å². The largest absolute Gasteiger partial charge is 0.447 e. The van der Waals surface area contributed by atoms with Crippen molar-refractivity contribution in [3.8, 4) is 0 Å². The molecule has 3 aromatic rings. The maximum Gasteiger partial charge on any atom is 0.412 e. The highest BCUT2D eigenvalue weighted by atomic mass is 35.5. The SMILES string of the molecule is CC(O)C[C@@H](COC(=O)Nc1cc2ccccc2cn1)N(C)C(=O)NCc1cccc(F)c1Cl. The number of aromatic nitrogens is 1. The molecule has 34 heavy (non-hydrogen) atoms. The molecule has 0 aliphatic carbocycles. The highest BCUT2D eigenvalue weighted by molar-refractivity contribution is 6.31. The maximum absolute atomic E-state index is 13.6. The summed E-state index contributed by atoms with van der Waals surface area (Å²) in [5.41, 5.74) is 0.425. The van der Waals surface area contributed by atoms with Crippen molar-refractivity contribution in [1.29, 1.82) is 0 Å². The Hall–Kier alpha value is -3.43. The number of benzene rings is 2. The van der Waals surface area contributed by atoms with E-state index in [1.807, 2.05) is 24.3 Å². The average molecular weight is 489 g/mol. The number of rotatable bonds is 8. The van der Waals surface area contributed by atoms with Gasteiger partial charge in [-0.1, -0.05) is 48.0 Å². The Morgan fingerprint density at radius 3 is 2.68 bits per heavy atom. The Morgan fingerprint density at radius 2 is 1.94 bits per heavy atom. The van der Waals surface area contributed by atoms with Gasteiger partial charge >= 0.3 is 12.1 Å². The number of hydrogen-bond acceptors (Lipinski definition) is 5. The summed E-state index contributed by atoms with van der Waals surface area (Å²) in [5.74, 6) is -0.247. The number of carbonyl (C=O) groups is 2. The number of fused-ring (bicyclic) bond motifs is 1. The van der Waals surface area contributed by atoms with Crippen LogP contribution in [0.25, 0.3) is 10.8 Å². The molecule has 0 fully saturated rings. The molecule has 3 amide bonds. The van der Waals surface area contributed by atoms with E-state index in [1.165, 1.54) is 24.1 Å². The minimum atomic E-state index is -0.744. The minimum Gasteiger partial charge on any atom is -0.447 e. The number of aliphatic hydroxyl groups excluding tert-OH is 1. The average Bonchev–Trinajstić information content (AvgIpc) is 2.81. The van der Waals surface area contributed by atoms with Crippen LogP contribution >= 0.6 is 11.6 Å². The summed E-state index contributed by atoms with van der Waals surface area (Å²) < 4.78 is 18.9. The molecule has 1 unspecified atom stereocenters. The molecule has 0 saturated heterocycles. The van der Waals surface area contributed by atoms with Crippen LogP contribution in [0.15, 0.2) is 54.7 Å². The van der Waals surface area contributed by atoms with E-state index in [4.69, 9.17) is 16.3 Å². The number of hydrogen-bond donors (Lipinski definition) is 3. The van der Waals surface area contributed by atoms with Crippen LogP contribution in [-0.4, -0.2) is 52.9 Å². The lowest BCUT2D eigenvalue weighted by atomic mass is 10.1. The summed E-state index contributed by atoms with van der Waals surface area (Å²) in [7, 11) is 1.52. The van der Waals surface area contributed by atoms with E-state index in [2.05, 4.69) is 15.6 Å². The standard InChI is InChI=1S/C24H26ClFN4O4/c1-15(31)10-19(30(2)23(32)28-13-18-8-5-9-20(26)22(18)25)14-34-24(33)29-21-11-16-6-3-4-7-17(16)12-27-21/h3-9,11-12,15,19,31H,10,13-14H2,1-2H3,(H,28,32)(H,27,29,33)/t15?,19-/m0/s1. The first-order valence-corrected chi connectivity index (χ1v) is 11.0. The molecule has 1 heterocycles. The molecule has 0 spiro atoms. The van der Waals surface area contributed by atoms with Crippen molar-refractivity contribution in [3.05, 3.63) is 71.1 Å². The second-order valence-electron chi connectivity index (χ2n) is 7.86. The molecule has 0 bridgehead atoms. The number of nitrogens with zero attached hydrogens (tertiary/aromatic N) is 2. The highest BCUT2D eigenvalue weighted by Gasteiger charge is 2.23. The first-order chi connectivity index (χ1) is 16.2. The second-order valence-corrected chi connectivity index (χ2v) is 8.24. The summed E-state index contributed by atoms with van der Waals surface area (Å²) in [6.45, 7) is 1.43. The van der Waals surface area contributed by atoms with Crippen molar-refractivity contribution in [2.75, 3.05) is 19.0 Å². The van der Waals surface area contributed by atoms with Gasteiger partial charge in [0, 0.05) is 25.2 Å². The third kappa shape index (κ3) is 6.79. The van der Waals surface area contributed by atoms with Gasteiger partial charge in [0.2, 0.25) is 0 Å². The first-order valence-electron chi connectivity index (χ1n) is 10.6. The van der Waals surface area contributed by atoms with Crippen LogP contribution in [-0.2, 0) is 11.3 Å². The van der Waals surface area contributed by atoms with Crippen LogP contribution in [0.1, 0.15) is 18.9 Å². The lowest BCUT2D eigenvalue weighted by molar-refractivity contribution is 0.0847. The Morgan fingerprint density at radius 1 is 1.21 bits per heavy atom. The molecule has 2 aromatic carbocycles. The molecule has 1 aromatic heterocycles. The van der Waals surface area contributed by atoms with Gasteiger partial charge in [-0.2, -0.15) is 0 Å². The molecule has 2 atom stereocenters. The smallest absolute Gasteiger partial charge is 0.412 e. The number of anilines is 1. The van der Waals surface area contributed by atoms with Crippen LogP contribution < -0.4 is 10.6 Å². The number of likely N-dealkylation sites (N-methyl/N-ethyl adjacent to an activating group) is 1. The molecule has 3 rings (SSSR count). The Kier molecular flexibility index (Phi) is 8.61. The topological polar surface area (TPSA) is 104 Å². The predicted molar refractivity (Wildman–Crippen MR) is 128 cm³/mol. The van der Waals surface area contributed by atoms with Crippen molar-refractivity contribution >= 4 is 40.3 Å². The number of ether oxygens (including phenoxy) is 1. The fourth-order valence-corrected chi connectivity index (χ4v) is 3.54. The van der Waals surface area contributed by atoms with E-state index in [0.29, 0.717) is 11.4 Å². The normalized spacial score (nSPS) is 12.6. The molecular formula is C24H26ClFN4O4. The van der Waals surface area contributed by atoms with Crippen molar-refractivity contribution < 1.29 is 23.8 Å². The zero-order chi connectivity index (χ0) is 24.7. The number of carbonyl (C=O) groups excluding carboxylic acids is 2. The summed E-state index contributed by atoms with van der Waals surface area (Å²) in [6.07, 6.45) is 0.335. The minimum absolute atomic E-state index is 0.0101. The Labute approximate surface area is 201 Å². The molecule has 0 aliphatic heterocycles. The van der Waals surface area contributed by atoms with Crippen LogP contribution in [0.3, 0.4) is 0 Å². The highest BCUT2D eigenvalue weighted by Crippen LogP contribution is 2.20. The van der Waals surface area contributed by atoms with E-state index in [0.717, 1.165) is 10.8 Å². The Balaban J connectivity index is 1.57. The van der Waals surface area contributed by atoms with E-state index < -0.39 is 30.1 Å². The molecule has 0 saturated carbocycles.